The fourth-order valence-electron chi connectivity index (χ4n) is 4.29. The van der Waals surface area contributed by atoms with Crippen molar-refractivity contribution in [1.82, 2.24) is 14.6 Å². The van der Waals surface area contributed by atoms with Gasteiger partial charge in [0.1, 0.15) is 5.03 Å². The number of likely N-dealkylation sites (N-methyl/N-ethyl adjacent to an activating group) is 1. The van der Waals surface area contributed by atoms with Gasteiger partial charge in [0.25, 0.3) is 0 Å². The molecule has 4 rings (SSSR count). The van der Waals surface area contributed by atoms with Crippen LogP contribution in [0.15, 0.2) is 28.0 Å². The molecular formula is C22H29N5O2S. The van der Waals surface area contributed by atoms with Crippen molar-refractivity contribution in [3.63, 3.8) is 0 Å². The predicted octanol–water partition coefficient (Wildman–Crippen LogP) is 1.96. The molecule has 2 aliphatic rings. The largest absolute Gasteiger partial charge is 0.367 e. The number of nitrogens with zero attached hydrogens (tertiary/aromatic N) is 4. The van der Waals surface area contributed by atoms with E-state index in [1.54, 1.807) is 4.68 Å². The lowest BCUT2D eigenvalue weighted by Crippen LogP contribution is -2.54. The van der Waals surface area contributed by atoms with Crippen LogP contribution in [-0.2, 0) is 17.6 Å². The molecule has 1 N–H and O–H groups in total. The third-order valence-electron chi connectivity index (χ3n) is 5.69. The molecule has 1 aromatic heterocycles. The van der Waals surface area contributed by atoms with Crippen molar-refractivity contribution >= 4 is 23.4 Å². The molecular weight excluding hydrogens is 398 g/mol. The third kappa shape index (κ3) is 4.54. The first-order chi connectivity index (χ1) is 14.4. The molecule has 2 aromatic rings. The normalized spacial score (nSPS) is 16.6. The summed E-state index contributed by atoms with van der Waals surface area (Å²) in [4.78, 5) is 32.0. The Balaban J connectivity index is 1.48. The molecule has 1 aliphatic carbocycles. The second kappa shape index (κ2) is 8.81. The molecule has 160 valence electrons. The molecule has 0 atom stereocenters. The zero-order chi connectivity index (χ0) is 21.3. The van der Waals surface area contributed by atoms with E-state index >= 15 is 0 Å². The highest BCUT2D eigenvalue weighted by molar-refractivity contribution is 8.00. The highest BCUT2D eigenvalue weighted by atomic mass is 32.2. The van der Waals surface area contributed by atoms with E-state index in [9.17, 15) is 9.59 Å². The number of hydrogen-bond donors (Lipinski definition) is 1. The second-order valence-corrected chi connectivity index (χ2v) is 9.22. The SMILES string of the molecule is Cc1cc(C)cc(NC(=O)CSc2nc(=O)n(N3CCN(C)CC3)c3c2CCC3)c1. The average Bonchev–Trinajstić information content (AvgIpc) is 3.16. The maximum atomic E-state index is 12.9. The summed E-state index contributed by atoms with van der Waals surface area (Å²) in [6, 6.07) is 6.00. The Labute approximate surface area is 181 Å². The number of rotatable bonds is 5. The number of carbonyl (C=O) groups excluding carboxylic acids is 1. The van der Waals surface area contributed by atoms with Crippen LogP contribution in [0.5, 0.6) is 0 Å². The van der Waals surface area contributed by atoms with Crippen molar-refractivity contribution in [1.29, 1.82) is 0 Å². The molecule has 8 heteroatoms. The molecule has 1 amide bonds. The van der Waals surface area contributed by atoms with Crippen LogP contribution in [0.3, 0.4) is 0 Å². The number of aryl methyl sites for hydroxylation is 2. The van der Waals surface area contributed by atoms with Crippen molar-refractivity contribution < 1.29 is 4.79 Å². The Morgan fingerprint density at radius 3 is 2.50 bits per heavy atom. The van der Waals surface area contributed by atoms with E-state index < -0.39 is 0 Å². The third-order valence-corrected chi connectivity index (χ3v) is 6.71. The van der Waals surface area contributed by atoms with Gasteiger partial charge in [-0.25, -0.2) is 9.47 Å². The van der Waals surface area contributed by atoms with Gasteiger partial charge in [0.2, 0.25) is 5.91 Å². The predicted molar refractivity (Wildman–Crippen MR) is 121 cm³/mol. The molecule has 0 radical (unpaired) electrons. The van der Waals surface area contributed by atoms with Crippen LogP contribution in [0, 0.1) is 13.8 Å². The summed E-state index contributed by atoms with van der Waals surface area (Å²) in [5.41, 5.74) is 5.03. The summed E-state index contributed by atoms with van der Waals surface area (Å²) < 4.78 is 1.80. The number of piperazine rings is 1. The van der Waals surface area contributed by atoms with E-state index in [-0.39, 0.29) is 17.3 Å². The number of anilines is 1. The molecule has 1 saturated heterocycles. The quantitative estimate of drug-likeness (QED) is 0.581. The van der Waals surface area contributed by atoms with Crippen molar-refractivity contribution in [2.24, 2.45) is 0 Å². The molecule has 0 bridgehead atoms. The molecule has 1 aromatic carbocycles. The maximum Gasteiger partial charge on any atom is 0.367 e. The van der Waals surface area contributed by atoms with Gasteiger partial charge in [-0.3, -0.25) is 4.79 Å². The zero-order valence-electron chi connectivity index (χ0n) is 17.9. The number of hydrogen-bond acceptors (Lipinski definition) is 6. The van der Waals surface area contributed by atoms with Gasteiger partial charge < -0.3 is 15.2 Å². The van der Waals surface area contributed by atoms with Gasteiger partial charge in [0.05, 0.1) is 11.4 Å². The van der Waals surface area contributed by atoms with Gasteiger partial charge in [-0.2, -0.15) is 4.98 Å². The summed E-state index contributed by atoms with van der Waals surface area (Å²) in [7, 11) is 2.10. The summed E-state index contributed by atoms with van der Waals surface area (Å²) in [5, 5.41) is 5.80. The Morgan fingerprint density at radius 2 is 1.80 bits per heavy atom. The van der Waals surface area contributed by atoms with Gasteiger partial charge in [0, 0.05) is 37.4 Å². The highest BCUT2D eigenvalue weighted by Gasteiger charge is 2.26. The van der Waals surface area contributed by atoms with E-state index in [2.05, 4.69) is 33.3 Å². The molecule has 30 heavy (non-hydrogen) atoms. The summed E-state index contributed by atoms with van der Waals surface area (Å²) in [5.74, 6) is 0.159. The smallest absolute Gasteiger partial charge is 0.325 e. The lowest BCUT2D eigenvalue weighted by atomic mass is 10.1. The summed E-state index contributed by atoms with van der Waals surface area (Å²) in [6.07, 6.45) is 2.83. The van der Waals surface area contributed by atoms with Crippen LogP contribution < -0.4 is 16.0 Å². The molecule has 1 aliphatic heterocycles. The number of thioether (sulfide) groups is 1. The van der Waals surface area contributed by atoms with Crippen LogP contribution in [0.25, 0.3) is 0 Å². The lowest BCUT2D eigenvalue weighted by molar-refractivity contribution is -0.113. The van der Waals surface area contributed by atoms with Crippen LogP contribution in [0.2, 0.25) is 0 Å². The Hall–Kier alpha value is -2.32. The first-order valence-corrected chi connectivity index (χ1v) is 11.5. The molecule has 7 nitrogen and oxygen atoms in total. The summed E-state index contributed by atoms with van der Waals surface area (Å²) in [6.45, 7) is 7.57. The summed E-state index contributed by atoms with van der Waals surface area (Å²) >= 11 is 1.37. The minimum atomic E-state index is -0.225. The number of benzene rings is 1. The number of carbonyl (C=O) groups is 1. The van der Waals surface area contributed by atoms with E-state index in [4.69, 9.17) is 0 Å². The molecule has 0 unspecified atom stereocenters. The number of nitrogens with one attached hydrogen (secondary N) is 1. The minimum Gasteiger partial charge on any atom is -0.325 e. The van der Waals surface area contributed by atoms with E-state index in [0.717, 1.165) is 73.5 Å². The number of aromatic nitrogens is 2. The van der Waals surface area contributed by atoms with Crippen LogP contribution >= 0.6 is 11.8 Å². The van der Waals surface area contributed by atoms with Crippen LogP contribution in [0.1, 0.15) is 28.8 Å². The van der Waals surface area contributed by atoms with Gasteiger partial charge in [-0.1, -0.05) is 17.8 Å². The molecule has 0 saturated carbocycles. The van der Waals surface area contributed by atoms with E-state index in [0.29, 0.717) is 5.03 Å². The molecule has 0 spiro atoms. The average molecular weight is 428 g/mol. The first-order valence-electron chi connectivity index (χ1n) is 10.5. The van der Waals surface area contributed by atoms with E-state index in [1.807, 2.05) is 26.0 Å². The number of amides is 1. The van der Waals surface area contributed by atoms with Crippen molar-refractivity contribution in [3.05, 3.63) is 51.1 Å². The zero-order valence-corrected chi connectivity index (χ0v) is 18.7. The van der Waals surface area contributed by atoms with Gasteiger partial charge >= 0.3 is 5.69 Å². The fourth-order valence-corrected chi connectivity index (χ4v) is 5.17. The lowest BCUT2D eigenvalue weighted by Gasteiger charge is -2.35. The van der Waals surface area contributed by atoms with Gasteiger partial charge in [-0.05, 0) is 63.4 Å². The standard InChI is InChI=1S/C22H29N5O2S/c1-15-11-16(2)13-17(12-15)23-20(28)14-30-21-18-5-4-6-19(18)27(22(29)24-21)26-9-7-25(3)8-10-26/h11-13H,4-10,14H2,1-3H3,(H,23,28). The molecule has 1 fully saturated rings. The molecule has 2 heterocycles. The Kier molecular flexibility index (Phi) is 6.15. The van der Waals surface area contributed by atoms with Gasteiger partial charge in [0.15, 0.2) is 0 Å². The van der Waals surface area contributed by atoms with Crippen molar-refractivity contribution in [2.75, 3.05) is 49.3 Å². The topological polar surface area (TPSA) is 70.5 Å². The van der Waals surface area contributed by atoms with E-state index in [1.165, 1.54) is 11.8 Å². The Bertz CT molecular complexity index is 991. The van der Waals surface area contributed by atoms with Gasteiger partial charge in [-0.15, -0.1) is 0 Å². The number of fused-ring (bicyclic) bond motifs is 1. The Morgan fingerprint density at radius 1 is 1.10 bits per heavy atom. The fraction of sp³-hybridized carbons (Fsp3) is 0.500. The van der Waals surface area contributed by atoms with Crippen molar-refractivity contribution in [2.45, 2.75) is 38.1 Å². The van der Waals surface area contributed by atoms with Crippen molar-refractivity contribution in [3.8, 4) is 0 Å². The maximum absolute atomic E-state index is 12.9. The van der Waals surface area contributed by atoms with Crippen LogP contribution in [0.4, 0.5) is 5.69 Å². The second-order valence-electron chi connectivity index (χ2n) is 8.26. The highest BCUT2D eigenvalue weighted by Crippen LogP contribution is 2.29. The van der Waals surface area contributed by atoms with Crippen LogP contribution in [-0.4, -0.2) is 59.4 Å². The monoisotopic (exact) mass is 427 g/mol. The minimum absolute atomic E-state index is 0.0817. The first kappa shape index (κ1) is 20.9.